The van der Waals surface area contributed by atoms with Gasteiger partial charge in [-0.1, -0.05) is 32.4 Å². The first kappa shape index (κ1) is 15.1. The monoisotopic (exact) mass is 253 g/mol. The topological polar surface area (TPSA) is 46.0 Å². The van der Waals surface area contributed by atoms with Gasteiger partial charge in [0.2, 0.25) is 0 Å². The Hall–Kier alpha value is -0.940. The molecule has 0 aliphatic carbocycles. The van der Waals surface area contributed by atoms with Crippen LogP contribution in [-0.4, -0.2) is 46.1 Å². The maximum atomic E-state index is 4.16. The van der Waals surface area contributed by atoms with Crippen LogP contribution in [0.3, 0.4) is 0 Å². The highest BCUT2D eigenvalue weighted by Crippen LogP contribution is 1.97. The first-order valence-corrected chi connectivity index (χ1v) is 7.12. The van der Waals surface area contributed by atoms with Crippen LogP contribution in [0.25, 0.3) is 0 Å². The second-order valence-electron chi connectivity index (χ2n) is 4.54. The molecule has 0 atom stereocenters. The highest BCUT2D eigenvalue weighted by atomic mass is 15.4. The molecule has 0 aliphatic heterocycles. The van der Waals surface area contributed by atoms with Crippen LogP contribution in [0.1, 0.15) is 39.3 Å². The fourth-order valence-corrected chi connectivity index (χ4v) is 1.84. The predicted octanol–water partition coefficient (Wildman–Crippen LogP) is 1.51. The molecule has 1 rings (SSSR count). The third kappa shape index (κ3) is 5.60. The minimum Gasteiger partial charge on any atom is -0.311 e. The predicted molar refractivity (Wildman–Crippen MR) is 74.4 cm³/mol. The van der Waals surface area contributed by atoms with Crippen LogP contribution in [0.5, 0.6) is 0 Å². The molecule has 0 aliphatic rings. The lowest BCUT2D eigenvalue weighted by Gasteiger charge is -2.19. The summed E-state index contributed by atoms with van der Waals surface area (Å²) in [5.41, 5.74) is 1.02. The first-order valence-electron chi connectivity index (χ1n) is 7.12. The van der Waals surface area contributed by atoms with Crippen molar-refractivity contribution in [1.29, 1.82) is 0 Å². The standard InChI is InChI=1S/C13H27N5/c1-4-7-8-17(6-3)9-10-18-12-13(15-16-18)11-14-5-2/h12,14H,4-11H2,1-3H3. The summed E-state index contributed by atoms with van der Waals surface area (Å²) in [6.07, 6.45) is 4.57. The van der Waals surface area contributed by atoms with Crippen molar-refractivity contribution in [3.8, 4) is 0 Å². The molecule has 5 nitrogen and oxygen atoms in total. The van der Waals surface area contributed by atoms with Gasteiger partial charge in [-0.25, -0.2) is 0 Å². The smallest absolute Gasteiger partial charge is 0.0964 e. The Kier molecular flexibility index (Phi) is 7.60. The Bertz CT molecular complexity index is 310. The molecule has 0 saturated carbocycles. The summed E-state index contributed by atoms with van der Waals surface area (Å²) in [7, 11) is 0. The lowest BCUT2D eigenvalue weighted by atomic mass is 10.3. The highest BCUT2D eigenvalue weighted by Gasteiger charge is 2.04. The van der Waals surface area contributed by atoms with E-state index >= 15 is 0 Å². The van der Waals surface area contributed by atoms with E-state index in [2.05, 4.69) is 41.3 Å². The molecule has 0 fully saturated rings. The minimum absolute atomic E-state index is 0.809. The first-order chi connectivity index (χ1) is 8.80. The molecule has 0 unspecified atom stereocenters. The Morgan fingerprint density at radius 1 is 1.28 bits per heavy atom. The fourth-order valence-electron chi connectivity index (χ4n) is 1.84. The Morgan fingerprint density at radius 3 is 2.78 bits per heavy atom. The molecule has 5 heteroatoms. The van der Waals surface area contributed by atoms with Crippen LogP contribution in [-0.2, 0) is 13.1 Å². The van der Waals surface area contributed by atoms with E-state index in [-0.39, 0.29) is 0 Å². The number of unbranched alkanes of at least 4 members (excludes halogenated alkanes) is 1. The van der Waals surface area contributed by atoms with Gasteiger partial charge in [0.25, 0.3) is 0 Å². The summed E-state index contributed by atoms with van der Waals surface area (Å²) >= 11 is 0. The van der Waals surface area contributed by atoms with E-state index in [0.717, 1.165) is 38.4 Å². The van der Waals surface area contributed by atoms with E-state index in [0.29, 0.717) is 0 Å². The summed E-state index contributed by atoms with van der Waals surface area (Å²) in [5, 5.41) is 11.6. The Morgan fingerprint density at radius 2 is 2.11 bits per heavy atom. The summed E-state index contributed by atoms with van der Waals surface area (Å²) in [6.45, 7) is 12.6. The molecule has 0 spiro atoms. The number of aromatic nitrogens is 3. The van der Waals surface area contributed by atoms with Gasteiger partial charge >= 0.3 is 0 Å². The van der Waals surface area contributed by atoms with Crippen molar-refractivity contribution in [2.24, 2.45) is 0 Å². The van der Waals surface area contributed by atoms with Gasteiger partial charge < -0.3 is 10.2 Å². The molecule has 0 bridgehead atoms. The van der Waals surface area contributed by atoms with E-state index in [1.165, 1.54) is 19.4 Å². The molecule has 0 radical (unpaired) electrons. The van der Waals surface area contributed by atoms with Crippen LogP contribution in [0.15, 0.2) is 6.20 Å². The van der Waals surface area contributed by atoms with Crippen molar-refractivity contribution >= 4 is 0 Å². The molecule has 1 aromatic heterocycles. The number of hydrogen-bond donors (Lipinski definition) is 1. The molecular weight excluding hydrogens is 226 g/mol. The maximum absolute atomic E-state index is 4.16. The second kappa shape index (κ2) is 9.05. The zero-order chi connectivity index (χ0) is 13.2. The minimum atomic E-state index is 0.809. The zero-order valence-corrected chi connectivity index (χ0v) is 12.0. The summed E-state index contributed by atoms with van der Waals surface area (Å²) in [5.74, 6) is 0. The molecular formula is C13H27N5. The molecule has 1 heterocycles. The van der Waals surface area contributed by atoms with Crippen molar-refractivity contribution in [2.45, 2.75) is 46.7 Å². The van der Waals surface area contributed by atoms with E-state index in [1.54, 1.807) is 0 Å². The van der Waals surface area contributed by atoms with Crippen molar-refractivity contribution in [1.82, 2.24) is 25.2 Å². The average Bonchev–Trinajstić information content (AvgIpc) is 2.84. The lowest BCUT2D eigenvalue weighted by molar-refractivity contribution is 0.266. The third-order valence-electron chi connectivity index (χ3n) is 3.06. The Balaban J connectivity index is 2.30. The maximum Gasteiger partial charge on any atom is 0.0964 e. The van der Waals surface area contributed by atoms with E-state index in [1.807, 2.05) is 10.9 Å². The molecule has 1 N–H and O–H groups in total. The molecule has 0 amide bonds. The summed E-state index contributed by atoms with van der Waals surface area (Å²) in [4.78, 5) is 2.47. The van der Waals surface area contributed by atoms with Crippen LogP contribution in [0.4, 0.5) is 0 Å². The number of hydrogen-bond acceptors (Lipinski definition) is 4. The normalized spacial score (nSPS) is 11.3. The Labute approximate surface area is 111 Å². The molecule has 104 valence electrons. The number of rotatable bonds is 10. The molecule has 0 aromatic carbocycles. The van der Waals surface area contributed by atoms with Crippen molar-refractivity contribution in [2.75, 3.05) is 26.2 Å². The average molecular weight is 253 g/mol. The molecule has 0 saturated heterocycles. The SMILES string of the molecule is CCCCN(CC)CCn1cc(CNCC)nn1. The van der Waals surface area contributed by atoms with Crippen LogP contribution >= 0.6 is 0 Å². The highest BCUT2D eigenvalue weighted by molar-refractivity contribution is 4.91. The van der Waals surface area contributed by atoms with Crippen molar-refractivity contribution in [3.63, 3.8) is 0 Å². The quantitative estimate of drug-likeness (QED) is 0.686. The van der Waals surface area contributed by atoms with E-state index < -0.39 is 0 Å². The van der Waals surface area contributed by atoms with Gasteiger partial charge in [0.1, 0.15) is 0 Å². The second-order valence-corrected chi connectivity index (χ2v) is 4.54. The molecule has 1 aromatic rings. The molecule has 18 heavy (non-hydrogen) atoms. The summed E-state index contributed by atoms with van der Waals surface area (Å²) < 4.78 is 1.95. The number of likely N-dealkylation sites (N-methyl/N-ethyl adjacent to an activating group) is 1. The van der Waals surface area contributed by atoms with Gasteiger partial charge in [0.05, 0.1) is 12.2 Å². The largest absolute Gasteiger partial charge is 0.311 e. The van der Waals surface area contributed by atoms with E-state index in [9.17, 15) is 0 Å². The van der Waals surface area contributed by atoms with Gasteiger partial charge in [-0.15, -0.1) is 5.10 Å². The summed E-state index contributed by atoms with van der Waals surface area (Å²) in [6, 6.07) is 0. The number of nitrogens with one attached hydrogen (secondary N) is 1. The fraction of sp³-hybridized carbons (Fsp3) is 0.846. The van der Waals surface area contributed by atoms with Gasteiger partial charge in [-0.3, -0.25) is 4.68 Å². The van der Waals surface area contributed by atoms with Crippen LogP contribution < -0.4 is 5.32 Å². The van der Waals surface area contributed by atoms with Crippen molar-refractivity contribution < 1.29 is 0 Å². The van der Waals surface area contributed by atoms with Gasteiger partial charge in [0.15, 0.2) is 0 Å². The third-order valence-corrected chi connectivity index (χ3v) is 3.06. The van der Waals surface area contributed by atoms with Gasteiger partial charge in [0, 0.05) is 19.3 Å². The van der Waals surface area contributed by atoms with E-state index in [4.69, 9.17) is 0 Å². The van der Waals surface area contributed by atoms with Crippen LogP contribution in [0.2, 0.25) is 0 Å². The lowest BCUT2D eigenvalue weighted by Crippen LogP contribution is -2.28. The zero-order valence-electron chi connectivity index (χ0n) is 12.0. The number of nitrogens with zero attached hydrogens (tertiary/aromatic N) is 4. The van der Waals surface area contributed by atoms with Gasteiger partial charge in [-0.2, -0.15) is 0 Å². The van der Waals surface area contributed by atoms with Crippen molar-refractivity contribution in [3.05, 3.63) is 11.9 Å². The van der Waals surface area contributed by atoms with Crippen LogP contribution in [0, 0.1) is 0 Å². The van der Waals surface area contributed by atoms with Gasteiger partial charge in [-0.05, 0) is 26.1 Å².